The van der Waals surface area contributed by atoms with Crippen LogP contribution < -0.4 is 5.32 Å². The molecule has 0 aliphatic carbocycles. The number of rotatable bonds is 9. The molecule has 0 aromatic carbocycles. The van der Waals surface area contributed by atoms with E-state index >= 15 is 0 Å². The Balaban J connectivity index is 2.99. The number of alkyl halides is 1. The molecule has 25 heavy (non-hydrogen) atoms. The number of nitroso groups, excluding NO2 is 1. The van der Waals surface area contributed by atoms with Crippen molar-refractivity contribution in [1.29, 1.82) is 0 Å². The van der Waals surface area contributed by atoms with Crippen molar-refractivity contribution in [2.75, 3.05) is 25.6 Å². The number of unbranched alkanes of at least 4 members (excludes halogenated alkanes) is 1. The quantitative estimate of drug-likeness (QED) is 0.109. The van der Waals surface area contributed by atoms with Gasteiger partial charge in [0.05, 0.1) is 18.4 Å². The number of ether oxygens (including phenoxy) is 2. The molecule has 11 nitrogen and oxygen atoms in total. The number of carbonyl (C=O) groups excluding carboxylic acids is 1. The minimum Gasteiger partial charge on any atom is -0.394 e. The summed E-state index contributed by atoms with van der Waals surface area (Å²) < 4.78 is 10.6. The molecule has 0 aromatic rings. The summed E-state index contributed by atoms with van der Waals surface area (Å²) in [4.78, 5) is 22.8. The van der Waals surface area contributed by atoms with Crippen molar-refractivity contribution in [3.8, 4) is 0 Å². The van der Waals surface area contributed by atoms with E-state index in [2.05, 4.69) is 5.29 Å². The van der Waals surface area contributed by atoms with Gasteiger partial charge >= 0.3 is 6.03 Å². The van der Waals surface area contributed by atoms with Gasteiger partial charge in [-0.2, -0.15) is 5.01 Å². The average molecular weight is 386 g/mol. The SMILES string of the molecule is CCCCO[C@@H]1O[C@H](CO)[C@@H](O)[C@H](O)[C@@]1(O)NC(=O)N(CCCl)N=O. The Labute approximate surface area is 149 Å². The number of aliphatic hydroxyl groups is 4. The molecule has 5 atom stereocenters. The zero-order valence-electron chi connectivity index (χ0n) is 13.7. The zero-order chi connectivity index (χ0) is 19.0. The van der Waals surface area contributed by atoms with Crippen LogP contribution in [0, 0.1) is 4.91 Å². The van der Waals surface area contributed by atoms with Crippen molar-refractivity contribution in [3.63, 3.8) is 0 Å². The molecule has 146 valence electrons. The highest BCUT2D eigenvalue weighted by Gasteiger charge is 2.57. The van der Waals surface area contributed by atoms with Crippen LogP contribution in [0.15, 0.2) is 5.29 Å². The molecule has 0 bridgehead atoms. The summed E-state index contributed by atoms with van der Waals surface area (Å²) in [6.45, 7) is 1.13. The van der Waals surface area contributed by atoms with E-state index in [1.807, 2.05) is 12.2 Å². The molecule has 0 radical (unpaired) electrons. The minimum atomic E-state index is -2.58. The molecule has 12 heteroatoms. The molecule has 0 aromatic heterocycles. The normalized spacial score (nSPS) is 32.2. The molecular formula is C13H24ClN3O8. The number of hydrogen-bond acceptors (Lipinski definition) is 9. The van der Waals surface area contributed by atoms with Gasteiger partial charge in [0.2, 0.25) is 12.0 Å². The van der Waals surface area contributed by atoms with Gasteiger partial charge in [0, 0.05) is 12.5 Å². The highest BCUT2D eigenvalue weighted by molar-refractivity contribution is 6.18. The van der Waals surface area contributed by atoms with Gasteiger partial charge in [-0.3, -0.25) is 0 Å². The Morgan fingerprint density at radius 2 is 2.16 bits per heavy atom. The fourth-order valence-corrected chi connectivity index (χ4v) is 2.39. The van der Waals surface area contributed by atoms with Crippen molar-refractivity contribution in [1.82, 2.24) is 10.3 Å². The first-order valence-corrected chi connectivity index (χ1v) is 8.34. The van der Waals surface area contributed by atoms with Crippen LogP contribution in [0.2, 0.25) is 0 Å². The highest BCUT2D eigenvalue weighted by Crippen LogP contribution is 2.29. The maximum absolute atomic E-state index is 12.1. The molecule has 1 saturated heterocycles. The average Bonchev–Trinajstić information content (AvgIpc) is 2.59. The van der Waals surface area contributed by atoms with E-state index in [9.17, 15) is 30.1 Å². The number of halogens is 1. The molecule has 0 spiro atoms. The zero-order valence-corrected chi connectivity index (χ0v) is 14.5. The van der Waals surface area contributed by atoms with Crippen LogP contribution in [0.4, 0.5) is 4.79 Å². The minimum absolute atomic E-state index is 0.0950. The molecule has 2 amide bonds. The van der Waals surface area contributed by atoms with Crippen LogP contribution in [-0.2, 0) is 9.47 Å². The van der Waals surface area contributed by atoms with Crippen molar-refractivity contribution in [3.05, 3.63) is 4.91 Å². The summed E-state index contributed by atoms with van der Waals surface area (Å²) in [5, 5.41) is 44.9. The molecular weight excluding hydrogens is 362 g/mol. The Morgan fingerprint density at radius 1 is 1.48 bits per heavy atom. The first-order chi connectivity index (χ1) is 11.8. The van der Waals surface area contributed by atoms with E-state index in [1.54, 1.807) is 0 Å². The molecule has 0 unspecified atom stereocenters. The van der Waals surface area contributed by atoms with Crippen molar-refractivity contribution >= 4 is 17.6 Å². The second-order valence-electron chi connectivity index (χ2n) is 5.50. The van der Waals surface area contributed by atoms with Crippen LogP contribution in [0.1, 0.15) is 19.8 Å². The third-order valence-electron chi connectivity index (χ3n) is 3.70. The van der Waals surface area contributed by atoms with E-state index in [0.29, 0.717) is 11.4 Å². The molecule has 1 rings (SSSR count). The maximum atomic E-state index is 12.1. The Morgan fingerprint density at radius 3 is 2.68 bits per heavy atom. The third kappa shape index (κ3) is 5.20. The van der Waals surface area contributed by atoms with Crippen LogP contribution in [0.3, 0.4) is 0 Å². The fraction of sp³-hybridized carbons (Fsp3) is 0.923. The maximum Gasteiger partial charge on any atom is 0.342 e. The standard InChI is InChI=1S/C13H24ClN3O8/c1-2-3-6-24-11-13(22,10(20)9(19)8(7-18)25-11)15-12(21)17(16-23)5-4-14/h8-11,18-20,22H,2-7H2,1H3,(H,15,21)/t8-,9-,10+,11-,13+/m1/s1. The van der Waals surface area contributed by atoms with E-state index in [-0.39, 0.29) is 19.0 Å². The Kier molecular flexibility index (Phi) is 8.93. The van der Waals surface area contributed by atoms with Crippen LogP contribution >= 0.6 is 11.6 Å². The van der Waals surface area contributed by atoms with E-state index in [4.69, 9.17) is 21.1 Å². The summed E-state index contributed by atoms with van der Waals surface area (Å²) in [6.07, 6.45) is -5.14. The van der Waals surface area contributed by atoms with E-state index in [1.165, 1.54) is 0 Å². The predicted molar refractivity (Wildman–Crippen MR) is 85.3 cm³/mol. The number of carbonyl (C=O) groups is 1. The summed E-state index contributed by atoms with van der Waals surface area (Å²) in [6, 6.07) is -1.17. The molecule has 1 aliphatic rings. The number of hydrogen-bond donors (Lipinski definition) is 5. The first kappa shape index (κ1) is 22.0. The smallest absolute Gasteiger partial charge is 0.342 e. The summed E-state index contributed by atoms with van der Waals surface area (Å²) in [5.41, 5.74) is -2.58. The molecule has 1 fully saturated rings. The van der Waals surface area contributed by atoms with Gasteiger partial charge in [0.1, 0.15) is 18.3 Å². The number of nitrogens with zero attached hydrogens (tertiary/aromatic N) is 2. The lowest BCUT2D eigenvalue weighted by molar-refractivity contribution is -0.347. The highest BCUT2D eigenvalue weighted by atomic mass is 35.5. The van der Waals surface area contributed by atoms with Crippen LogP contribution in [0.25, 0.3) is 0 Å². The summed E-state index contributed by atoms with van der Waals surface area (Å²) >= 11 is 5.45. The summed E-state index contributed by atoms with van der Waals surface area (Å²) in [5.74, 6) is -0.0950. The number of amides is 2. The predicted octanol–water partition coefficient (Wildman–Crippen LogP) is -1.14. The molecule has 1 heterocycles. The third-order valence-corrected chi connectivity index (χ3v) is 3.87. The Bertz CT molecular complexity index is 445. The van der Waals surface area contributed by atoms with Gasteiger partial charge < -0.3 is 35.2 Å². The molecule has 1 aliphatic heterocycles. The fourth-order valence-electron chi connectivity index (χ4n) is 2.23. The lowest BCUT2D eigenvalue weighted by Crippen LogP contribution is -2.74. The summed E-state index contributed by atoms with van der Waals surface area (Å²) in [7, 11) is 0. The van der Waals surface area contributed by atoms with Gasteiger partial charge in [-0.15, -0.1) is 16.5 Å². The van der Waals surface area contributed by atoms with Gasteiger partial charge in [0.15, 0.2) is 0 Å². The van der Waals surface area contributed by atoms with Gasteiger partial charge in [0.25, 0.3) is 0 Å². The van der Waals surface area contributed by atoms with Crippen LogP contribution in [0.5, 0.6) is 0 Å². The van der Waals surface area contributed by atoms with Gasteiger partial charge in [-0.25, -0.2) is 4.79 Å². The lowest BCUT2D eigenvalue weighted by Gasteiger charge is -2.47. The second-order valence-corrected chi connectivity index (χ2v) is 5.88. The van der Waals surface area contributed by atoms with E-state index in [0.717, 1.165) is 6.42 Å². The number of aliphatic hydroxyl groups excluding tert-OH is 3. The number of nitrogens with one attached hydrogen (secondary N) is 1. The van der Waals surface area contributed by atoms with Crippen molar-refractivity contribution in [2.24, 2.45) is 5.29 Å². The van der Waals surface area contributed by atoms with Crippen molar-refractivity contribution < 1.29 is 34.7 Å². The Hall–Kier alpha value is -1.08. The van der Waals surface area contributed by atoms with E-state index < -0.39 is 43.0 Å². The number of urea groups is 1. The monoisotopic (exact) mass is 385 g/mol. The first-order valence-electron chi connectivity index (χ1n) is 7.81. The second kappa shape index (κ2) is 10.2. The lowest BCUT2D eigenvalue weighted by atomic mass is 9.93. The largest absolute Gasteiger partial charge is 0.394 e. The molecule has 5 N–H and O–H groups in total. The van der Waals surface area contributed by atoms with Gasteiger partial charge in [-0.1, -0.05) is 13.3 Å². The van der Waals surface area contributed by atoms with Crippen LogP contribution in [-0.4, -0.2) is 87.4 Å². The topological polar surface area (TPSA) is 161 Å². The van der Waals surface area contributed by atoms with Crippen molar-refractivity contribution in [2.45, 2.75) is 50.1 Å². The molecule has 0 saturated carbocycles. The van der Waals surface area contributed by atoms with Gasteiger partial charge in [-0.05, 0) is 6.42 Å².